The van der Waals surface area contributed by atoms with Crippen LogP contribution in [0, 0.1) is 11.8 Å². The van der Waals surface area contributed by atoms with Crippen LogP contribution in [0.1, 0.15) is 153 Å². The summed E-state index contributed by atoms with van der Waals surface area (Å²) >= 11 is 2.15. The average Bonchev–Trinajstić information content (AvgIpc) is 3.21. The molecule has 0 bridgehead atoms. The summed E-state index contributed by atoms with van der Waals surface area (Å²) in [7, 11) is 0. The van der Waals surface area contributed by atoms with E-state index in [0.29, 0.717) is 0 Å². The lowest BCUT2D eigenvalue weighted by atomic mass is 9.91. The van der Waals surface area contributed by atoms with Crippen LogP contribution in [0.15, 0.2) is 12.1 Å². The molecular weight excluding hydrogens is 392 g/mol. The summed E-state index contributed by atoms with van der Waals surface area (Å²) < 4.78 is 0. The molecule has 1 heteroatoms. The van der Waals surface area contributed by atoms with Crippen LogP contribution in [0.4, 0.5) is 0 Å². The van der Waals surface area contributed by atoms with Crippen LogP contribution >= 0.6 is 11.3 Å². The molecular formula is C30H56S. The van der Waals surface area contributed by atoms with Crippen LogP contribution in [-0.2, 0) is 12.8 Å². The molecule has 0 aromatic carbocycles. The molecule has 0 aliphatic carbocycles. The number of hydrogen-bond donors (Lipinski definition) is 0. The lowest BCUT2D eigenvalue weighted by Gasteiger charge is -2.17. The Morgan fingerprint density at radius 2 is 0.839 bits per heavy atom. The molecule has 0 saturated carbocycles. The Morgan fingerprint density at radius 1 is 0.484 bits per heavy atom. The monoisotopic (exact) mass is 448 g/mol. The quantitative estimate of drug-likeness (QED) is 0.155. The Kier molecular flexibility index (Phi) is 18.8. The van der Waals surface area contributed by atoms with Gasteiger partial charge in [0, 0.05) is 9.75 Å². The van der Waals surface area contributed by atoms with Crippen molar-refractivity contribution in [3.05, 3.63) is 21.9 Å². The zero-order valence-electron chi connectivity index (χ0n) is 21.9. The molecule has 1 unspecified atom stereocenters. The van der Waals surface area contributed by atoms with Crippen molar-refractivity contribution in [3.8, 4) is 0 Å². The highest BCUT2D eigenvalue weighted by atomic mass is 32.1. The first-order valence-corrected chi connectivity index (χ1v) is 15.1. The van der Waals surface area contributed by atoms with Gasteiger partial charge in [-0.15, -0.1) is 11.3 Å². The highest BCUT2D eigenvalue weighted by Crippen LogP contribution is 2.29. The molecule has 0 amide bonds. The molecule has 31 heavy (non-hydrogen) atoms. The molecule has 1 atom stereocenters. The van der Waals surface area contributed by atoms with E-state index in [1.54, 1.807) is 9.75 Å². The van der Waals surface area contributed by atoms with Gasteiger partial charge in [0.25, 0.3) is 0 Å². The van der Waals surface area contributed by atoms with Crippen molar-refractivity contribution < 1.29 is 0 Å². The molecule has 0 N–H and O–H groups in total. The maximum Gasteiger partial charge on any atom is 0.00509 e. The van der Waals surface area contributed by atoms with Gasteiger partial charge in [-0.05, 0) is 36.8 Å². The van der Waals surface area contributed by atoms with E-state index in [4.69, 9.17) is 0 Å². The van der Waals surface area contributed by atoms with Gasteiger partial charge in [-0.1, -0.05) is 143 Å². The fraction of sp³-hybridized carbons (Fsp3) is 0.867. The van der Waals surface area contributed by atoms with Gasteiger partial charge in [0.05, 0.1) is 0 Å². The zero-order valence-corrected chi connectivity index (χ0v) is 22.7. The van der Waals surface area contributed by atoms with Crippen molar-refractivity contribution in [1.29, 1.82) is 0 Å². The van der Waals surface area contributed by atoms with Gasteiger partial charge < -0.3 is 0 Å². The van der Waals surface area contributed by atoms with Crippen molar-refractivity contribution >= 4 is 11.3 Å². The average molecular weight is 449 g/mol. The van der Waals surface area contributed by atoms with E-state index in [0.717, 1.165) is 11.8 Å². The number of hydrogen-bond acceptors (Lipinski definition) is 1. The van der Waals surface area contributed by atoms with Crippen LogP contribution in [0.5, 0.6) is 0 Å². The van der Waals surface area contributed by atoms with Crippen LogP contribution in [0.2, 0.25) is 0 Å². The van der Waals surface area contributed by atoms with E-state index in [9.17, 15) is 0 Å². The van der Waals surface area contributed by atoms with Crippen molar-refractivity contribution in [2.24, 2.45) is 11.8 Å². The molecule has 0 spiro atoms. The third kappa shape index (κ3) is 15.2. The Hall–Kier alpha value is -0.300. The standard InChI is InChI=1S/C30H56S/c1-5-9-13-16-20-27(19-12-8-4)25-29-23-24-30(31-29)26-28(21-17-14-10-6-2)22-18-15-11-7-3/h23-24,27-28H,5-22,25-26H2,1-4H3. The second kappa shape index (κ2) is 20.3. The fourth-order valence-electron chi connectivity index (χ4n) is 4.98. The van der Waals surface area contributed by atoms with Crippen molar-refractivity contribution in [2.75, 3.05) is 0 Å². The second-order valence-electron chi connectivity index (χ2n) is 10.2. The largest absolute Gasteiger partial charge is 0.145 e. The van der Waals surface area contributed by atoms with E-state index >= 15 is 0 Å². The van der Waals surface area contributed by atoms with Gasteiger partial charge >= 0.3 is 0 Å². The molecule has 182 valence electrons. The fourth-order valence-corrected chi connectivity index (χ4v) is 6.23. The molecule has 1 aromatic heterocycles. The molecule has 0 nitrogen and oxygen atoms in total. The first-order chi connectivity index (χ1) is 15.2. The lowest BCUT2D eigenvalue weighted by molar-refractivity contribution is 0.406. The van der Waals surface area contributed by atoms with Gasteiger partial charge in [0.1, 0.15) is 0 Å². The Bertz CT molecular complexity index is 476. The summed E-state index contributed by atoms with van der Waals surface area (Å²) in [6, 6.07) is 4.97. The summed E-state index contributed by atoms with van der Waals surface area (Å²) in [5.41, 5.74) is 0. The lowest BCUT2D eigenvalue weighted by Crippen LogP contribution is -2.05. The summed E-state index contributed by atoms with van der Waals surface area (Å²) in [6.45, 7) is 9.32. The minimum atomic E-state index is 0.919. The van der Waals surface area contributed by atoms with Crippen LogP contribution in [-0.4, -0.2) is 0 Å². The van der Waals surface area contributed by atoms with Crippen molar-refractivity contribution in [1.82, 2.24) is 0 Å². The highest BCUT2D eigenvalue weighted by molar-refractivity contribution is 7.12. The predicted molar refractivity (Wildman–Crippen MR) is 145 cm³/mol. The maximum absolute atomic E-state index is 2.49. The van der Waals surface area contributed by atoms with E-state index in [2.05, 4.69) is 51.2 Å². The van der Waals surface area contributed by atoms with Crippen molar-refractivity contribution in [3.63, 3.8) is 0 Å². The van der Waals surface area contributed by atoms with Gasteiger partial charge in [0.15, 0.2) is 0 Å². The Labute approximate surface area is 201 Å². The summed E-state index contributed by atoms with van der Waals surface area (Å²) in [5.74, 6) is 1.84. The van der Waals surface area contributed by atoms with Gasteiger partial charge in [0.2, 0.25) is 0 Å². The third-order valence-electron chi connectivity index (χ3n) is 7.06. The molecule has 0 aliphatic heterocycles. The smallest absolute Gasteiger partial charge is 0.00509 e. The maximum atomic E-state index is 2.49. The molecule has 1 rings (SSSR count). The highest BCUT2D eigenvalue weighted by Gasteiger charge is 2.14. The topological polar surface area (TPSA) is 0 Å². The van der Waals surface area contributed by atoms with E-state index in [1.165, 1.54) is 128 Å². The molecule has 0 fully saturated rings. The van der Waals surface area contributed by atoms with Crippen LogP contribution in [0.3, 0.4) is 0 Å². The van der Waals surface area contributed by atoms with Crippen LogP contribution in [0.25, 0.3) is 0 Å². The Morgan fingerprint density at radius 3 is 1.19 bits per heavy atom. The van der Waals surface area contributed by atoms with E-state index in [-0.39, 0.29) is 0 Å². The van der Waals surface area contributed by atoms with Gasteiger partial charge in [-0.25, -0.2) is 0 Å². The summed E-state index contributed by atoms with van der Waals surface area (Å²) in [6.07, 6.45) is 28.2. The van der Waals surface area contributed by atoms with Crippen molar-refractivity contribution in [2.45, 2.75) is 156 Å². The molecule has 1 heterocycles. The number of unbranched alkanes of at least 4 members (excludes halogenated alkanes) is 10. The molecule has 0 radical (unpaired) electrons. The van der Waals surface area contributed by atoms with E-state index in [1.807, 2.05) is 0 Å². The SMILES string of the molecule is CCCCCCC(CCCC)Cc1ccc(CC(CCCCCC)CCCCCC)s1. The van der Waals surface area contributed by atoms with E-state index < -0.39 is 0 Å². The first kappa shape index (κ1) is 28.7. The minimum absolute atomic E-state index is 0.919. The van der Waals surface area contributed by atoms with Gasteiger partial charge in [-0.2, -0.15) is 0 Å². The predicted octanol–water partition coefficient (Wildman–Crippen LogP) is 11.2. The number of thiophene rings is 1. The number of rotatable bonds is 22. The minimum Gasteiger partial charge on any atom is -0.145 e. The molecule has 0 saturated heterocycles. The van der Waals surface area contributed by atoms with Gasteiger partial charge in [-0.3, -0.25) is 0 Å². The van der Waals surface area contributed by atoms with Crippen LogP contribution < -0.4 is 0 Å². The zero-order chi connectivity index (χ0) is 22.6. The Balaban J connectivity index is 2.55. The second-order valence-corrected chi connectivity index (χ2v) is 11.5. The third-order valence-corrected chi connectivity index (χ3v) is 8.19. The molecule has 1 aromatic rings. The summed E-state index contributed by atoms with van der Waals surface area (Å²) in [4.78, 5) is 3.34. The normalized spacial score (nSPS) is 12.7. The first-order valence-electron chi connectivity index (χ1n) is 14.3. The molecule has 0 aliphatic rings. The summed E-state index contributed by atoms with van der Waals surface area (Å²) in [5, 5.41) is 0.